The van der Waals surface area contributed by atoms with Crippen molar-refractivity contribution < 1.29 is 13.6 Å². The molecule has 2 aromatic carbocycles. The van der Waals surface area contributed by atoms with Gasteiger partial charge in [0.05, 0.1) is 0 Å². The Bertz CT molecular complexity index is 1070. The van der Waals surface area contributed by atoms with Crippen LogP contribution in [0.5, 0.6) is 5.75 Å². The van der Waals surface area contributed by atoms with Gasteiger partial charge in [0.2, 0.25) is 5.89 Å². The van der Waals surface area contributed by atoms with Gasteiger partial charge in [-0.3, -0.25) is 0 Å². The van der Waals surface area contributed by atoms with Crippen LogP contribution in [0, 0.1) is 0 Å². The number of hydrogen-bond donors (Lipinski definition) is 0. The van der Waals surface area contributed by atoms with E-state index in [1.165, 1.54) is 0 Å². The van der Waals surface area contributed by atoms with E-state index in [4.69, 9.17) is 13.6 Å². The Labute approximate surface area is 143 Å². The van der Waals surface area contributed by atoms with Gasteiger partial charge in [-0.25, -0.2) is 9.78 Å². The summed E-state index contributed by atoms with van der Waals surface area (Å²) in [4.78, 5) is 16.1. The number of hydrogen-bond acceptors (Lipinski definition) is 5. The van der Waals surface area contributed by atoms with Crippen LogP contribution >= 0.6 is 0 Å². The molecular weight excluding hydrogens is 318 g/mol. The van der Waals surface area contributed by atoms with Crippen LogP contribution in [0.3, 0.4) is 0 Å². The molecule has 0 aliphatic rings. The Morgan fingerprint density at radius 3 is 2.68 bits per heavy atom. The highest BCUT2D eigenvalue weighted by Crippen LogP contribution is 2.27. The van der Waals surface area contributed by atoms with Crippen molar-refractivity contribution in [1.82, 2.24) is 4.98 Å². The van der Waals surface area contributed by atoms with Crippen LogP contribution in [0.15, 0.2) is 62.2 Å². The summed E-state index contributed by atoms with van der Waals surface area (Å²) in [7, 11) is 0. The van der Waals surface area contributed by atoms with Crippen molar-refractivity contribution in [2.45, 2.75) is 26.4 Å². The molecule has 5 heteroatoms. The van der Waals surface area contributed by atoms with Gasteiger partial charge in [-0.1, -0.05) is 26.0 Å². The number of aromatic nitrogens is 1. The Morgan fingerprint density at radius 2 is 1.88 bits per heavy atom. The maximum absolute atomic E-state index is 11.8. The van der Waals surface area contributed by atoms with Crippen LogP contribution < -0.4 is 10.4 Å². The van der Waals surface area contributed by atoms with Gasteiger partial charge in [-0.2, -0.15) is 0 Å². The van der Waals surface area contributed by atoms with Gasteiger partial charge in [0, 0.05) is 17.5 Å². The van der Waals surface area contributed by atoms with Crippen LogP contribution in [0.1, 0.15) is 31.2 Å². The van der Waals surface area contributed by atoms with Gasteiger partial charge < -0.3 is 13.6 Å². The van der Waals surface area contributed by atoms with Gasteiger partial charge in [0.1, 0.15) is 16.8 Å². The number of rotatable bonds is 4. The summed E-state index contributed by atoms with van der Waals surface area (Å²) in [5, 5.41) is 0.920. The van der Waals surface area contributed by atoms with Gasteiger partial charge in [-0.15, -0.1) is 0 Å². The molecule has 0 saturated carbocycles. The van der Waals surface area contributed by atoms with Crippen LogP contribution in [-0.2, 0) is 6.61 Å². The molecule has 126 valence electrons. The predicted octanol–water partition coefficient (Wildman–Crippen LogP) is 4.64. The van der Waals surface area contributed by atoms with Crippen molar-refractivity contribution in [3.8, 4) is 5.75 Å². The summed E-state index contributed by atoms with van der Waals surface area (Å²) in [6.07, 6.45) is 0. The Balaban J connectivity index is 1.62. The van der Waals surface area contributed by atoms with E-state index in [9.17, 15) is 4.79 Å². The molecular formula is C20H17NO4. The molecule has 0 amide bonds. The number of ether oxygens (including phenoxy) is 1. The third kappa shape index (κ3) is 3.01. The summed E-state index contributed by atoms with van der Waals surface area (Å²) >= 11 is 0. The third-order valence-corrected chi connectivity index (χ3v) is 4.07. The average Bonchev–Trinajstić information content (AvgIpc) is 3.01. The van der Waals surface area contributed by atoms with E-state index >= 15 is 0 Å². The summed E-state index contributed by atoms with van der Waals surface area (Å²) in [5.41, 5.74) is 2.66. The second-order valence-corrected chi connectivity index (χ2v) is 6.20. The molecule has 5 nitrogen and oxygen atoms in total. The molecule has 0 atom stereocenters. The fourth-order valence-corrected chi connectivity index (χ4v) is 2.86. The monoisotopic (exact) mass is 335 g/mol. The maximum atomic E-state index is 11.8. The quantitative estimate of drug-likeness (QED) is 0.508. The van der Waals surface area contributed by atoms with Crippen molar-refractivity contribution in [2.75, 3.05) is 0 Å². The van der Waals surface area contributed by atoms with Crippen LogP contribution in [0.25, 0.3) is 22.1 Å². The highest BCUT2D eigenvalue weighted by molar-refractivity contribution is 5.82. The Morgan fingerprint density at radius 1 is 1.04 bits per heavy atom. The van der Waals surface area contributed by atoms with E-state index in [1.54, 1.807) is 12.1 Å². The van der Waals surface area contributed by atoms with Crippen LogP contribution in [0.4, 0.5) is 0 Å². The molecule has 0 bridgehead atoms. The first-order chi connectivity index (χ1) is 12.1. The van der Waals surface area contributed by atoms with Crippen molar-refractivity contribution in [3.05, 3.63) is 70.4 Å². The Hall–Kier alpha value is -3.08. The van der Waals surface area contributed by atoms with Crippen molar-refractivity contribution >= 4 is 22.1 Å². The smallest absolute Gasteiger partial charge is 0.336 e. The van der Waals surface area contributed by atoms with Crippen molar-refractivity contribution in [2.24, 2.45) is 0 Å². The third-order valence-electron chi connectivity index (χ3n) is 4.07. The van der Waals surface area contributed by atoms with E-state index < -0.39 is 0 Å². The van der Waals surface area contributed by atoms with E-state index in [-0.39, 0.29) is 18.2 Å². The standard InChI is InChI=1S/C20H17NO4/c1-12(2)15-10-20(22)25-18-9-13(7-8-14(15)18)23-11-19-21-16-5-3-4-6-17(16)24-19/h3-10,12H,11H2,1-2H3. The molecule has 0 radical (unpaired) electrons. The van der Waals surface area contributed by atoms with E-state index in [2.05, 4.69) is 4.98 Å². The zero-order chi connectivity index (χ0) is 17.4. The normalized spacial score (nSPS) is 11.5. The zero-order valence-electron chi connectivity index (χ0n) is 14.0. The van der Waals surface area contributed by atoms with E-state index in [0.717, 1.165) is 22.0 Å². The molecule has 0 unspecified atom stereocenters. The molecule has 0 fully saturated rings. The lowest BCUT2D eigenvalue weighted by Gasteiger charge is -2.10. The fourth-order valence-electron chi connectivity index (χ4n) is 2.86. The molecule has 0 aliphatic heterocycles. The second kappa shape index (κ2) is 6.09. The fraction of sp³-hybridized carbons (Fsp3) is 0.200. The number of benzene rings is 2. The largest absolute Gasteiger partial charge is 0.484 e. The molecule has 0 saturated heterocycles. The first kappa shape index (κ1) is 15.4. The lowest BCUT2D eigenvalue weighted by Crippen LogP contribution is -2.02. The van der Waals surface area contributed by atoms with Gasteiger partial charge in [0.25, 0.3) is 0 Å². The maximum Gasteiger partial charge on any atom is 0.336 e. The SMILES string of the molecule is CC(C)c1cc(=O)oc2cc(OCc3nc4ccccc4o3)ccc12. The average molecular weight is 335 g/mol. The first-order valence-corrected chi connectivity index (χ1v) is 8.15. The summed E-state index contributed by atoms with van der Waals surface area (Å²) in [6.45, 7) is 4.30. The second-order valence-electron chi connectivity index (χ2n) is 6.20. The van der Waals surface area contributed by atoms with E-state index in [0.29, 0.717) is 17.2 Å². The molecule has 25 heavy (non-hydrogen) atoms. The number of fused-ring (bicyclic) bond motifs is 2. The summed E-state index contributed by atoms with van der Waals surface area (Å²) in [6, 6.07) is 14.6. The minimum Gasteiger partial charge on any atom is -0.484 e. The first-order valence-electron chi connectivity index (χ1n) is 8.15. The highest BCUT2D eigenvalue weighted by atomic mass is 16.5. The topological polar surface area (TPSA) is 65.5 Å². The molecule has 2 aromatic heterocycles. The summed E-state index contributed by atoms with van der Waals surface area (Å²) < 4.78 is 16.7. The van der Waals surface area contributed by atoms with Crippen molar-refractivity contribution in [3.63, 3.8) is 0 Å². The van der Waals surface area contributed by atoms with Gasteiger partial charge >= 0.3 is 5.63 Å². The molecule has 4 aromatic rings. The van der Waals surface area contributed by atoms with Gasteiger partial charge in [-0.05, 0) is 35.7 Å². The number of oxazole rings is 1. The Kier molecular flexibility index (Phi) is 3.76. The summed E-state index contributed by atoms with van der Waals surface area (Å²) in [5.74, 6) is 1.33. The van der Waals surface area contributed by atoms with Crippen molar-refractivity contribution in [1.29, 1.82) is 0 Å². The molecule has 0 N–H and O–H groups in total. The van der Waals surface area contributed by atoms with Gasteiger partial charge in [0.15, 0.2) is 12.2 Å². The minimum absolute atomic E-state index is 0.203. The predicted molar refractivity (Wildman–Crippen MR) is 94.9 cm³/mol. The lowest BCUT2D eigenvalue weighted by atomic mass is 10.00. The molecule has 4 rings (SSSR count). The molecule has 0 aliphatic carbocycles. The van der Waals surface area contributed by atoms with Crippen LogP contribution in [0.2, 0.25) is 0 Å². The minimum atomic E-state index is -0.354. The highest BCUT2D eigenvalue weighted by Gasteiger charge is 2.11. The van der Waals surface area contributed by atoms with Crippen LogP contribution in [-0.4, -0.2) is 4.98 Å². The molecule has 0 spiro atoms. The van der Waals surface area contributed by atoms with E-state index in [1.807, 2.05) is 50.2 Å². The number of para-hydroxylation sites is 2. The number of nitrogens with zero attached hydrogens (tertiary/aromatic N) is 1. The zero-order valence-corrected chi connectivity index (χ0v) is 14.0. The lowest BCUT2D eigenvalue weighted by molar-refractivity contribution is 0.267. The molecule has 2 heterocycles.